The Morgan fingerprint density at radius 1 is 1.28 bits per heavy atom. The third kappa shape index (κ3) is 5.39. The monoisotopic (exact) mass is 516 g/mol. The molecular weight excluding hydrogens is 480 g/mol. The number of sulfonamides is 1. The molecule has 2 heterocycles. The number of hydrogen-bond donors (Lipinski definition) is 2. The lowest BCUT2D eigenvalue weighted by Crippen LogP contribution is -2.31. The third-order valence-corrected chi connectivity index (χ3v) is 7.74. The molecule has 0 saturated carbocycles. The van der Waals surface area contributed by atoms with Crippen LogP contribution in [0.1, 0.15) is 71.7 Å². The first-order valence-electron chi connectivity index (χ1n) is 11.8. The number of nitrogens with zero attached hydrogens (tertiary/aromatic N) is 3. The summed E-state index contributed by atoms with van der Waals surface area (Å²) < 4.78 is 30.8. The summed E-state index contributed by atoms with van der Waals surface area (Å²) in [6.45, 7) is 12.2. The van der Waals surface area contributed by atoms with E-state index in [1.54, 1.807) is 17.0 Å². The lowest BCUT2D eigenvalue weighted by molar-refractivity contribution is 0.0962. The van der Waals surface area contributed by atoms with Crippen LogP contribution >= 0.6 is 0 Å². The Kier molecular flexibility index (Phi) is 7.53. The number of phenolic OH excluding ortho intramolecular Hbond substituents is 1. The summed E-state index contributed by atoms with van der Waals surface area (Å²) in [6, 6.07) is 3.21. The Hall–Kier alpha value is -2.98. The van der Waals surface area contributed by atoms with E-state index in [9.17, 15) is 18.3 Å². The molecule has 3 rings (SSSR count). The minimum absolute atomic E-state index is 0.0189. The number of carbonyl (C=O) groups is 1. The van der Waals surface area contributed by atoms with Gasteiger partial charge in [-0.05, 0) is 38.3 Å². The van der Waals surface area contributed by atoms with Crippen molar-refractivity contribution in [3.63, 3.8) is 0 Å². The molecule has 0 saturated heterocycles. The number of ether oxygens (including phenoxy) is 1. The number of ketones is 1. The zero-order valence-corrected chi connectivity index (χ0v) is 23.1. The second-order valence-electron chi connectivity index (χ2n) is 10.3. The van der Waals surface area contributed by atoms with Gasteiger partial charge in [-0.1, -0.05) is 20.8 Å². The topological polar surface area (TPSA) is 124 Å². The van der Waals surface area contributed by atoms with Crippen molar-refractivity contribution in [3.8, 4) is 11.5 Å². The lowest BCUT2D eigenvalue weighted by Gasteiger charge is -2.25. The Balaban J connectivity index is 1.95. The van der Waals surface area contributed by atoms with Gasteiger partial charge in [0, 0.05) is 48.0 Å². The Morgan fingerprint density at radius 2 is 1.92 bits per heavy atom. The largest absolute Gasteiger partial charge is 0.507 e. The minimum atomic E-state index is -3.49. The molecule has 1 aromatic heterocycles. The maximum absolute atomic E-state index is 13.4. The smallest absolute Gasteiger partial charge is 0.211 e. The SMILES string of the molecule is CCOc1c(C)nc2c(c1C)CN(CC(=O)c1cc(CN(C)S(C)(=O)=O)c(O)c(C(C)(C)C)c1)C2=N. The average Bonchev–Trinajstić information content (AvgIpc) is 3.06. The van der Waals surface area contributed by atoms with Crippen molar-refractivity contribution in [2.75, 3.05) is 26.5 Å². The molecule has 0 amide bonds. The molecule has 36 heavy (non-hydrogen) atoms. The number of aromatic nitrogens is 1. The van der Waals surface area contributed by atoms with Gasteiger partial charge < -0.3 is 14.7 Å². The normalized spacial score (nSPS) is 13.9. The van der Waals surface area contributed by atoms with Gasteiger partial charge in [0.05, 0.1) is 25.1 Å². The van der Waals surface area contributed by atoms with E-state index in [1.807, 2.05) is 41.5 Å². The molecule has 1 aliphatic rings. The van der Waals surface area contributed by atoms with E-state index in [1.165, 1.54) is 7.05 Å². The number of benzene rings is 1. The number of carbonyl (C=O) groups excluding carboxylic acids is 1. The van der Waals surface area contributed by atoms with Crippen LogP contribution < -0.4 is 4.74 Å². The zero-order chi connectivity index (χ0) is 27.2. The predicted molar refractivity (Wildman–Crippen MR) is 140 cm³/mol. The van der Waals surface area contributed by atoms with Crippen LogP contribution in [0.3, 0.4) is 0 Å². The summed E-state index contributed by atoms with van der Waals surface area (Å²) in [5.74, 6) is 0.639. The number of amidine groups is 1. The number of aromatic hydroxyl groups is 1. The van der Waals surface area contributed by atoms with Gasteiger partial charge in [-0.2, -0.15) is 0 Å². The molecule has 1 aromatic carbocycles. The quantitative estimate of drug-likeness (QED) is 0.515. The average molecular weight is 517 g/mol. The fourth-order valence-electron chi connectivity index (χ4n) is 4.34. The maximum Gasteiger partial charge on any atom is 0.211 e. The Morgan fingerprint density at radius 3 is 2.47 bits per heavy atom. The number of nitrogens with one attached hydrogen (secondary N) is 1. The molecule has 0 aliphatic carbocycles. The highest BCUT2D eigenvalue weighted by atomic mass is 32.2. The minimum Gasteiger partial charge on any atom is -0.507 e. The molecule has 196 valence electrons. The summed E-state index contributed by atoms with van der Waals surface area (Å²) in [7, 11) is -2.06. The number of Topliss-reactive ketones (excluding diaryl/α,β-unsaturated/α-hetero) is 1. The highest BCUT2D eigenvalue weighted by Crippen LogP contribution is 2.36. The number of phenols is 1. The predicted octanol–water partition coefficient (Wildman–Crippen LogP) is 3.52. The number of fused-ring (bicyclic) bond motifs is 1. The molecule has 0 spiro atoms. The first-order valence-corrected chi connectivity index (χ1v) is 13.7. The van der Waals surface area contributed by atoms with Gasteiger partial charge in [-0.3, -0.25) is 10.2 Å². The molecular formula is C26H36N4O5S. The van der Waals surface area contributed by atoms with Gasteiger partial charge in [0.2, 0.25) is 10.0 Å². The van der Waals surface area contributed by atoms with Gasteiger partial charge in [-0.15, -0.1) is 0 Å². The van der Waals surface area contributed by atoms with E-state index < -0.39 is 15.4 Å². The Bertz CT molecular complexity index is 1330. The maximum atomic E-state index is 13.4. The molecule has 10 heteroatoms. The first kappa shape index (κ1) is 27.6. The van der Waals surface area contributed by atoms with Gasteiger partial charge in [0.25, 0.3) is 0 Å². The van der Waals surface area contributed by atoms with E-state index in [-0.39, 0.29) is 30.5 Å². The molecule has 2 aromatic rings. The highest BCUT2D eigenvalue weighted by molar-refractivity contribution is 7.88. The van der Waals surface area contributed by atoms with Gasteiger partial charge >= 0.3 is 0 Å². The van der Waals surface area contributed by atoms with Crippen LogP contribution in [0.2, 0.25) is 0 Å². The van der Waals surface area contributed by atoms with E-state index in [0.717, 1.165) is 21.7 Å². The summed E-state index contributed by atoms with van der Waals surface area (Å²) in [6.07, 6.45) is 1.09. The fourth-order valence-corrected chi connectivity index (χ4v) is 4.72. The second kappa shape index (κ2) is 9.82. The number of aryl methyl sites for hydroxylation is 1. The molecule has 0 radical (unpaired) electrons. The zero-order valence-electron chi connectivity index (χ0n) is 22.3. The number of hydrogen-bond acceptors (Lipinski definition) is 7. The fraction of sp³-hybridized carbons (Fsp3) is 0.500. The van der Waals surface area contributed by atoms with Crippen LogP contribution in [0.25, 0.3) is 0 Å². The first-order chi connectivity index (χ1) is 16.6. The van der Waals surface area contributed by atoms with Crippen molar-refractivity contribution < 1.29 is 23.1 Å². The molecule has 0 atom stereocenters. The molecule has 9 nitrogen and oxygen atoms in total. The van der Waals surface area contributed by atoms with Crippen LogP contribution in [0.5, 0.6) is 11.5 Å². The van der Waals surface area contributed by atoms with Crippen molar-refractivity contribution in [2.24, 2.45) is 0 Å². The summed E-state index contributed by atoms with van der Waals surface area (Å²) >= 11 is 0. The molecule has 0 unspecified atom stereocenters. The van der Waals surface area contributed by atoms with Crippen LogP contribution in [0, 0.1) is 19.3 Å². The van der Waals surface area contributed by atoms with Crippen molar-refractivity contribution in [2.45, 2.75) is 60.0 Å². The number of pyridine rings is 1. The van der Waals surface area contributed by atoms with Crippen molar-refractivity contribution >= 4 is 21.6 Å². The van der Waals surface area contributed by atoms with E-state index in [4.69, 9.17) is 10.1 Å². The van der Waals surface area contributed by atoms with Gasteiger partial charge in [0.1, 0.15) is 23.0 Å². The molecule has 0 fully saturated rings. The van der Waals surface area contributed by atoms with Crippen LogP contribution in [0.15, 0.2) is 12.1 Å². The van der Waals surface area contributed by atoms with Crippen LogP contribution in [-0.4, -0.2) is 65.8 Å². The van der Waals surface area contributed by atoms with Crippen molar-refractivity contribution in [3.05, 3.63) is 51.3 Å². The van der Waals surface area contributed by atoms with Crippen LogP contribution in [-0.2, 0) is 28.5 Å². The summed E-state index contributed by atoms with van der Waals surface area (Å²) in [4.78, 5) is 19.7. The summed E-state index contributed by atoms with van der Waals surface area (Å²) in [5.41, 5.74) is 3.84. The highest BCUT2D eigenvalue weighted by Gasteiger charge is 2.32. The van der Waals surface area contributed by atoms with E-state index in [2.05, 4.69) is 4.98 Å². The number of rotatable bonds is 8. The van der Waals surface area contributed by atoms with E-state index in [0.29, 0.717) is 47.0 Å². The lowest BCUT2D eigenvalue weighted by atomic mass is 9.83. The molecule has 1 aliphatic heterocycles. The summed E-state index contributed by atoms with van der Waals surface area (Å²) in [5, 5.41) is 19.6. The van der Waals surface area contributed by atoms with Gasteiger partial charge in [0.15, 0.2) is 5.78 Å². The van der Waals surface area contributed by atoms with Crippen molar-refractivity contribution in [1.29, 1.82) is 5.41 Å². The molecule has 2 N–H and O–H groups in total. The van der Waals surface area contributed by atoms with E-state index >= 15 is 0 Å². The second-order valence-corrected chi connectivity index (χ2v) is 12.4. The van der Waals surface area contributed by atoms with Gasteiger partial charge in [-0.25, -0.2) is 17.7 Å². The van der Waals surface area contributed by atoms with Crippen LogP contribution in [0.4, 0.5) is 0 Å². The third-order valence-electron chi connectivity index (χ3n) is 6.48. The Labute approximate surface area is 213 Å². The standard InChI is InChI=1S/C26H36N4O5S/c1-9-35-24-15(2)19-13-30(25(27)22(19)28-16(24)3)14-21(31)17-10-18(12-29(7)36(8,33)34)23(32)20(11-17)26(4,5)6/h10-11,27,32H,9,12-14H2,1-8H3. The molecule has 0 bridgehead atoms. The van der Waals surface area contributed by atoms with Crippen molar-refractivity contribution in [1.82, 2.24) is 14.2 Å².